The fourth-order valence-corrected chi connectivity index (χ4v) is 7.33. The van der Waals surface area contributed by atoms with E-state index in [-0.39, 0.29) is 41.5 Å². The molecular formula is C38H60N2O4. The second-order valence-electron chi connectivity index (χ2n) is 14.3. The van der Waals surface area contributed by atoms with Crippen molar-refractivity contribution in [2.45, 2.75) is 130 Å². The number of esters is 2. The molecule has 3 rings (SSSR count). The third-order valence-electron chi connectivity index (χ3n) is 9.85. The van der Waals surface area contributed by atoms with E-state index in [0.29, 0.717) is 36.9 Å². The zero-order valence-corrected chi connectivity index (χ0v) is 28.3. The van der Waals surface area contributed by atoms with E-state index in [1.807, 2.05) is 12.1 Å². The first-order valence-electron chi connectivity index (χ1n) is 17.3. The Morgan fingerprint density at radius 3 is 2.27 bits per heavy atom. The molecule has 1 saturated carbocycles. The number of hydrogen-bond donors (Lipinski definition) is 2. The van der Waals surface area contributed by atoms with Gasteiger partial charge in [0.15, 0.2) is 0 Å². The van der Waals surface area contributed by atoms with Gasteiger partial charge in [-0.3, -0.25) is 9.59 Å². The van der Waals surface area contributed by atoms with Gasteiger partial charge in [0, 0.05) is 17.9 Å². The van der Waals surface area contributed by atoms with Gasteiger partial charge in [-0.1, -0.05) is 76.7 Å². The first-order valence-corrected chi connectivity index (χ1v) is 17.3. The molecule has 6 heteroatoms. The summed E-state index contributed by atoms with van der Waals surface area (Å²) in [6.07, 6.45) is 14.9. The van der Waals surface area contributed by atoms with Crippen molar-refractivity contribution in [3.63, 3.8) is 0 Å². The van der Waals surface area contributed by atoms with Crippen LogP contribution in [-0.4, -0.2) is 25.0 Å². The van der Waals surface area contributed by atoms with Crippen LogP contribution in [0.5, 0.6) is 11.5 Å². The highest BCUT2D eigenvalue weighted by Crippen LogP contribution is 2.48. The SMILES string of the molecule is C=C(C)[C@@H]1CCC(C)=C[C@H]1c1c(OC(=O)C[C@@H](CN)CC(C)C)cc(CCCCC)cc1OC(=O)CC1(CN)CCCCC1. The van der Waals surface area contributed by atoms with Crippen LogP contribution in [-0.2, 0) is 16.0 Å². The van der Waals surface area contributed by atoms with Crippen molar-refractivity contribution in [3.8, 4) is 11.5 Å². The van der Waals surface area contributed by atoms with E-state index in [9.17, 15) is 9.59 Å². The van der Waals surface area contributed by atoms with Gasteiger partial charge >= 0.3 is 11.9 Å². The molecule has 246 valence electrons. The highest BCUT2D eigenvalue weighted by molar-refractivity contribution is 5.76. The number of ether oxygens (including phenoxy) is 2. The van der Waals surface area contributed by atoms with Crippen LogP contribution in [0.25, 0.3) is 0 Å². The third kappa shape index (κ3) is 10.3. The summed E-state index contributed by atoms with van der Waals surface area (Å²) in [5.74, 6) is 0.978. The normalized spacial score (nSPS) is 20.6. The first kappa shape index (κ1) is 36.0. The van der Waals surface area contributed by atoms with Crippen LogP contribution in [0.15, 0.2) is 35.9 Å². The Morgan fingerprint density at radius 2 is 1.70 bits per heavy atom. The van der Waals surface area contributed by atoms with Crippen LogP contribution >= 0.6 is 0 Å². The summed E-state index contributed by atoms with van der Waals surface area (Å²) in [4.78, 5) is 27.2. The number of aryl methyl sites for hydroxylation is 1. The average molecular weight is 609 g/mol. The van der Waals surface area contributed by atoms with Crippen molar-refractivity contribution in [2.75, 3.05) is 13.1 Å². The Balaban J connectivity index is 2.09. The van der Waals surface area contributed by atoms with Crippen molar-refractivity contribution in [1.82, 2.24) is 0 Å². The Hall–Kier alpha value is -2.44. The van der Waals surface area contributed by atoms with Gasteiger partial charge in [0.25, 0.3) is 0 Å². The molecular weight excluding hydrogens is 548 g/mol. The van der Waals surface area contributed by atoms with Gasteiger partial charge in [-0.05, 0) is 113 Å². The lowest BCUT2D eigenvalue weighted by atomic mass is 9.72. The molecule has 2 aliphatic rings. The number of rotatable bonds is 16. The maximum atomic E-state index is 13.7. The fraction of sp³-hybridized carbons (Fsp3) is 0.684. The number of benzene rings is 1. The monoisotopic (exact) mass is 608 g/mol. The second kappa shape index (κ2) is 17.3. The molecule has 4 N–H and O–H groups in total. The van der Waals surface area contributed by atoms with Crippen molar-refractivity contribution < 1.29 is 19.1 Å². The lowest BCUT2D eigenvalue weighted by Gasteiger charge is -2.35. The molecule has 0 radical (unpaired) electrons. The molecule has 0 amide bonds. The van der Waals surface area contributed by atoms with Crippen LogP contribution in [0, 0.1) is 23.2 Å². The zero-order valence-electron chi connectivity index (χ0n) is 28.3. The van der Waals surface area contributed by atoms with E-state index in [2.05, 4.69) is 47.3 Å². The second-order valence-corrected chi connectivity index (χ2v) is 14.3. The first-order chi connectivity index (χ1) is 21.0. The van der Waals surface area contributed by atoms with E-state index in [1.165, 1.54) is 12.0 Å². The number of hydrogen-bond acceptors (Lipinski definition) is 6. The van der Waals surface area contributed by atoms with E-state index < -0.39 is 0 Å². The summed E-state index contributed by atoms with van der Waals surface area (Å²) in [7, 11) is 0. The molecule has 0 heterocycles. The van der Waals surface area contributed by atoms with Crippen LogP contribution in [0.3, 0.4) is 0 Å². The predicted octanol–water partition coefficient (Wildman–Crippen LogP) is 8.56. The summed E-state index contributed by atoms with van der Waals surface area (Å²) in [5, 5.41) is 0. The summed E-state index contributed by atoms with van der Waals surface area (Å²) in [6, 6.07) is 4.03. The molecule has 0 unspecified atom stereocenters. The van der Waals surface area contributed by atoms with Gasteiger partial charge in [0.1, 0.15) is 11.5 Å². The van der Waals surface area contributed by atoms with Gasteiger partial charge in [-0.15, -0.1) is 0 Å². The minimum atomic E-state index is -0.294. The molecule has 0 aromatic heterocycles. The number of unbranched alkanes of at least 4 members (excludes halogenated alkanes) is 2. The largest absolute Gasteiger partial charge is 0.426 e. The van der Waals surface area contributed by atoms with Crippen LogP contribution in [0.2, 0.25) is 0 Å². The molecule has 0 bridgehead atoms. The number of allylic oxidation sites excluding steroid dienone is 3. The summed E-state index contributed by atoms with van der Waals surface area (Å²) < 4.78 is 12.6. The quantitative estimate of drug-likeness (QED) is 0.0843. The van der Waals surface area contributed by atoms with Crippen LogP contribution in [0.4, 0.5) is 0 Å². The predicted molar refractivity (Wildman–Crippen MR) is 181 cm³/mol. The molecule has 44 heavy (non-hydrogen) atoms. The number of carbonyl (C=O) groups is 2. The Bertz CT molecular complexity index is 1150. The van der Waals surface area contributed by atoms with Crippen LogP contribution in [0.1, 0.15) is 135 Å². The van der Waals surface area contributed by atoms with Crippen LogP contribution < -0.4 is 20.9 Å². The van der Waals surface area contributed by atoms with Crippen molar-refractivity contribution in [3.05, 3.63) is 47.1 Å². The molecule has 3 atom stereocenters. The van der Waals surface area contributed by atoms with E-state index in [1.54, 1.807) is 0 Å². The molecule has 6 nitrogen and oxygen atoms in total. The Labute approximate surface area is 267 Å². The van der Waals surface area contributed by atoms with E-state index >= 15 is 0 Å². The highest BCUT2D eigenvalue weighted by atomic mass is 16.5. The number of nitrogens with two attached hydrogens (primary N) is 2. The minimum Gasteiger partial charge on any atom is -0.426 e. The lowest BCUT2D eigenvalue weighted by Crippen LogP contribution is -2.36. The van der Waals surface area contributed by atoms with Gasteiger partial charge < -0.3 is 20.9 Å². The summed E-state index contributed by atoms with van der Waals surface area (Å²) in [5.41, 5.74) is 16.2. The van der Waals surface area contributed by atoms with Gasteiger partial charge in [0.05, 0.1) is 6.42 Å². The Kier molecular flexibility index (Phi) is 14.2. The topological polar surface area (TPSA) is 105 Å². The van der Waals surface area contributed by atoms with E-state index in [0.717, 1.165) is 87.3 Å². The van der Waals surface area contributed by atoms with Crippen molar-refractivity contribution >= 4 is 11.9 Å². The molecule has 1 fully saturated rings. The third-order valence-corrected chi connectivity index (χ3v) is 9.85. The summed E-state index contributed by atoms with van der Waals surface area (Å²) in [6.45, 7) is 15.9. The van der Waals surface area contributed by atoms with Gasteiger partial charge in [0.2, 0.25) is 0 Å². The zero-order chi connectivity index (χ0) is 32.3. The molecule has 0 saturated heterocycles. The van der Waals surface area contributed by atoms with E-state index in [4.69, 9.17) is 20.9 Å². The average Bonchev–Trinajstić information content (AvgIpc) is 2.96. The maximum absolute atomic E-state index is 13.7. The minimum absolute atomic E-state index is 0.0546. The van der Waals surface area contributed by atoms with Gasteiger partial charge in [-0.2, -0.15) is 0 Å². The molecule has 1 aromatic carbocycles. The molecule has 1 aromatic rings. The standard InChI is InChI=1S/C38H60N2O4/c1-7-8-10-13-29-20-33(43-35(41)22-30(24-39)18-26(2)3)37(32-19-28(6)14-15-31(32)27(4)5)34(21-29)44-36(42)23-38(25-40)16-11-9-12-17-38/h19-21,26,30-32H,4,7-18,22-25,39-40H2,1-3,5-6H3/t30-,31-,32+/m0/s1. The highest BCUT2D eigenvalue weighted by Gasteiger charge is 2.36. The fourth-order valence-electron chi connectivity index (χ4n) is 7.33. The smallest absolute Gasteiger partial charge is 0.311 e. The van der Waals surface area contributed by atoms with Gasteiger partial charge in [-0.25, -0.2) is 0 Å². The number of carbonyl (C=O) groups excluding carboxylic acids is 2. The molecule has 0 spiro atoms. The Morgan fingerprint density at radius 1 is 1.05 bits per heavy atom. The lowest BCUT2D eigenvalue weighted by molar-refractivity contribution is -0.137. The van der Waals surface area contributed by atoms with Crippen molar-refractivity contribution in [1.29, 1.82) is 0 Å². The summed E-state index contributed by atoms with van der Waals surface area (Å²) >= 11 is 0. The van der Waals surface area contributed by atoms with Crippen molar-refractivity contribution in [2.24, 2.45) is 34.6 Å². The maximum Gasteiger partial charge on any atom is 0.311 e. The molecule has 2 aliphatic carbocycles. The molecule has 0 aliphatic heterocycles.